The van der Waals surface area contributed by atoms with Gasteiger partial charge in [-0.05, 0) is 12.3 Å². The van der Waals surface area contributed by atoms with Crippen molar-refractivity contribution >= 4 is 11.4 Å². The average Bonchev–Trinajstić information content (AvgIpc) is 3.14. The molecule has 3 N–H and O–H groups in total. The van der Waals surface area contributed by atoms with Gasteiger partial charge in [0.2, 0.25) is 0 Å². The van der Waals surface area contributed by atoms with Gasteiger partial charge in [0.1, 0.15) is 13.2 Å². The summed E-state index contributed by atoms with van der Waals surface area (Å²) in [4.78, 5) is 0. The Bertz CT molecular complexity index is 416. The molecule has 1 aliphatic carbocycles. The van der Waals surface area contributed by atoms with E-state index in [1.54, 1.807) is 0 Å². The lowest BCUT2D eigenvalue weighted by molar-refractivity contribution is 0.172. The number of nitrogens with two attached hydrogens (primary N) is 1. The summed E-state index contributed by atoms with van der Waals surface area (Å²) in [5.74, 6) is 2.47. The predicted molar refractivity (Wildman–Crippen MR) is 67.7 cm³/mol. The summed E-state index contributed by atoms with van der Waals surface area (Å²) >= 11 is 0. The molecule has 0 saturated heterocycles. The van der Waals surface area contributed by atoms with Crippen LogP contribution in [-0.4, -0.2) is 19.8 Å². The van der Waals surface area contributed by atoms with Crippen molar-refractivity contribution in [2.24, 2.45) is 5.92 Å². The quantitative estimate of drug-likeness (QED) is 0.784. The van der Waals surface area contributed by atoms with Crippen molar-refractivity contribution in [2.75, 3.05) is 30.8 Å². The first-order valence-corrected chi connectivity index (χ1v) is 6.26. The minimum Gasteiger partial charge on any atom is -0.486 e. The number of anilines is 2. The lowest BCUT2D eigenvalue weighted by atomic mass is 10.2. The van der Waals surface area contributed by atoms with Gasteiger partial charge < -0.3 is 20.5 Å². The van der Waals surface area contributed by atoms with Crippen LogP contribution in [0.3, 0.4) is 0 Å². The molecule has 0 aromatic heterocycles. The van der Waals surface area contributed by atoms with E-state index in [0.717, 1.165) is 35.3 Å². The van der Waals surface area contributed by atoms with Gasteiger partial charge in [-0.25, -0.2) is 0 Å². The smallest absolute Gasteiger partial charge is 0.163 e. The highest BCUT2D eigenvalue weighted by atomic mass is 16.6. The molecule has 1 aromatic rings. The van der Waals surface area contributed by atoms with Crippen LogP contribution in [0.4, 0.5) is 11.4 Å². The standard InChI is InChI=1S/C13H18N2O2/c14-10-7-12-13(17-6-5-16-12)8-11(10)15-4-3-9-1-2-9/h7-9,15H,1-6,14H2. The van der Waals surface area contributed by atoms with Crippen LogP contribution in [0, 0.1) is 5.92 Å². The van der Waals surface area contributed by atoms with Gasteiger partial charge in [-0.15, -0.1) is 0 Å². The van der Waals surface area contributed by atoms with Crippen molar-refractivity contribution in [3.05, 3.63) is 12.1 Å². The zero-order valence-corrected chi connectivity index (χ0v) is 9.87. The molecule has 4 heteroatoms. The minimum atomic E-state index is 0.598. The highest BCUT2D eigenvalue weighted by Crippen LogP contribution is 2.37. The summed E-state index contributed by atoms with van der Waals surface area (Å²) in [6.07, 6.45) is 4.00. The van der Waals surface area contributed by atoms with Crippen molar-refractivity contribution < 1.29 is 9.47 Å². The number of hydrogen-bond donors (Lipinski definition) is 2. The number of fused-ring (bicyclic) bond motifs is 1. The molecule has 17 heavy (non-hydrogen) atoms. The van der Waals surface area contributed by atoms with Gasteiger partial charge in [0.25, 0.3) is 0 Å². The summed E-state index contributed by atoms with van der Waals surface area (Å²) in [5.41, 5.74) is 7.66. The van der Waals surface area contributed by atoms with Crippen LogP contribution in [0.5, 0.6) is 11.5 Å². The molecule has 1 aromatic carbocycles. The molecule has 2 aliphatic rings. The van der Waals surface area contributed by atoms with Crippen LogP contribution in [0.1, 0.15) is 19.3 Å². The third-order valence-corrected chi connectivity index (χ3v) is 3.28. The van der Waals surface area contributed by atoms with E-state index in [0.29, 0.717) is 13.2 Å². The number of rotatable bonds is 4. The summed E-state index contributed by atoms with van der Waals surface area (Å²) in [6.45, 7) is 2.19. The van der Waals surface area contributed by atoms with E-state index in [-0.39, 0.29) is 0 Å². The van der Waals surface area contributed by atoms with Crippen molar-refractivity contribution in [1.82, 2.24) is 0 Å². The van der Waals surface area contributed by atoms with Crippen molar-refractivity contribution in [3.63, 3.8) is 0 Å². The van der Waals surface area contributed by atoms with Gasteiger partial charge in [0, 0.05) is 18.7 Å². The second kappa shape index (κ2) is 4.35. The maximum absolute atomic E-state index is 5.98. The van der Waals surface area contributed by atoms with Crippen molar-refractivity contribution in [3.8, 4) is 11.5 Å². The molecule has 92 valence electrons. The minimum absolute atomic E-state index is 0.598. The number of nitrogen functional groups attached to an aromatic ring is 1. The molecule has 1 fully saturated rings. The lowest BCUT2D eigenvalue weighted by Gasteiger charge is -2.20. The van der Waals surface area contributed by atoms with Gasteiger partial charge in [-0.3, -0.25) is 0 Å². The molecule has 0 amide bonds. The summed E-state index contributed by atoms with van der Waals surface area (Å²) in [7, 11) is 0. The number of benzene rings is 1. The van der Waals surface area contributed by atoms with E-state index >= 15 is 0 Å². The number of nitrogens with one attached hydrogen (secondary N) is 1. The third kappa shape index (κ3) is 2.40. The van der Waals surface area contributed by atoms with E-state index in [9.17, 15) is 0 Å². The highest BCUT2D eigenvalue weighted by Gasteiger charge is 2.20. The molecule has 0 radical (unpaired) electrons. The summed E-state index contributed by atoms with van der Waals surface area (Å²) in [6, 6.07) is 3.78. The summed E-state index contributed by atoms with van der Waals surface area (Å²) in [5, 5.41) is 3.37. The molecule has 0 spiro atoms. The van der Waals surface area contributed by atoms with Crippen LogP contribution in [0.15, 0.2) is 12.1 Å². The third-order valence-electron chi connectivity index (χ3n) is 3.28. The lowest BCUT2D eigenvalue weighted by Crippen LogP contribution is -2.16. The fraction of sp³-hybridized carbons (Fsp3) is 0.538. The van der Waals surface area contributed by atoms with E-state index in [1.165, 1.54) is 19.3 Å². The highest BCUT2D eigenvalue weighted by molar-refractivity contribution is 5.72. The van der Waals surface area contributed by atoms with Gasteiger partial charge in [0.05, 0.1) is 11.4 Å². The molecule has 1 aliphatic heterocycles. The van der Waals surface area contributed by atoms with Crippen molar-refractivity contribution in [1.29, 1.82) is 0 Å². The molecule has 1 heterocycles. The molecule has 0 unspecified atom stereocenters. The Morgan fingerprint density at radius 2 is 1.88 bits per heavy atom. The van der Waals surface area contributed by atoms with Gasteiger partial charge >= 0.3 is 0 Å². The Morgan fingerprint density at radius 3 is 2.59 bits per heavy atom. The number of ether oxygens (including phenoxy) is 2. The maximum Gasteiger partial charge on any atom is 0.163 e. The van der Waals surface area contributed by atoms with E-state index in [4.69, 9.17) is 15.2 Å². The zero-order chi connectivity index (χ0) is 11.7. The summed E-state index contributed by atoms with van der Waals surface area (Å²) < 4.78 is 11.0. The molecule has 1 saturated carbocycles. The van der Waals surface area contributed by atoms with Crippen LogP contribution in [-0.2, 0) is 0 Å². The Balaban J connectivity index is 1.69. The van der Waals surface area contributed by atoms with E-state index in [2.05, 4.69) is 5.32 Å². The molecule has 3 rings (SSSR count). The second-order valence-corrected chi connectivity index (χ2v) is 4.74. The van der Waals surface area contributed by atoms with Gasteiger partial charge in [-0.2, -0.15) is 0 Å². The Labute approximate surface area is 101 Å². The molecule has 4 nitrogen and oxygen atoms in total. The number of hydrogen-bond acceptors (Lipinski definition) is 4. The average molecular weight is 234 g/mol. The normalized spacial score (nSPS) is 17.9. The first-order valence-electron chi connectivity index (χ1n) is 6.26. The first kappa shape index (κ1) is 10.6. The van der Waals surface area contributed by atoms with Crippen LogP contribution < -0.4 is 20.5 Å². The zero-order valence-electron chi connectivity index (χ0n) is 9.87. The topological polar surface area (TPSA) is 56.5 Å². The van der Waals surface area contributed by atoms with E-state index in [1.807, 2.05) is 12.1 Å². The first-order chi connectivity index (χ1) is 8.33. The van der Waals surface area contributed by atoms with Crippen LogP contribution >= 0.6 is 0 Å². The SMILES string of the molecule is Nc1cc2c(cc1NCCC1CC1)OCCO2. The second-order valence-electron chi connectivity index (χ2n) is 4.74. The molecule has 0 atom stereocenters. The van der Waals surface area contributed by atoms with Gasteiger partial charge in [0.15, 0.2) is 11.5 Å². The van der Waals surface area contributed by atoms with Crippen molar-refractivity contribution in [2.45, 2.75) is 19.3 Å². The van der Waals surface area contributed by atoms with Crippen LogP contribution in [0.2, 0.25) is 0 Å². The van der Waals surface area contributed by atoms with Crippen LogP contribution in [0.25, 0.3) is 0 Å². The molecular weight excluding hydrogens is 216 g/mol. The maximum atomic E-state index is 5.98. The molecule has 0 bridgehead atoms. The Kier molecular flexibility index (Phi) is 2.71. The van der Waals surface area contributed by atoms with Gasteiger partial charge in [-0.1, -0.05) is 12.8 Å². The van der Waals surface area contributed by atoms with E-state index < -0.39 is 0 Å². The molecular formula is C13H18N2O2. The fourth-order valence-electron chi connectivity index (χ4n) is 2.08. The Hall–Kier alpha value is -1.58. The Morgan fingerprint density at radius 1 is 1.18 bits per heavy atom. The predicted octanol–water partition coefficient (Wildman–Crippen LogP) is 2.25. The monoisotopic (exact) mass is 234 g/mol. The largest absolute Gasteiger partial charge is 0.486 e. The fourth-order valence-corrected chi connectivity index (χ4v) is 2.08.